The van der Waals surface area contributed by atoms with Crippen molar-refractivity contribution in [3.8, 4) is 6.07 Å². The average molecular weight is 270 g/mol. The van der Waals surface area contributed by atoms with Crippen LogP contribution in [-0.2, 0) is 9.31 Å². The van der Waals surface area contributed by atoms with Crippen molar-refractivity contribution in [3.05, 3.63) is 29.6 Å². The van der Waals surface area contributed by atoms with Gasteiger partial charge in [0.25, 0.3) is 0 Å². The molecule has 3 rings (SSSR count). The number of rotatable bonds is 2. The molecule has 5 heteroatoms. The Kier molecular flexibility index (Phi) is 2.93. The molecule has 1 aliphatic carbocycles. The van der Waals surface area contributed by atoms with Crippen molar-refractivity contribution >= 4 is 7.12 Å². The Morgan fingerprint density at radius 2 is 1.95 bits per heavy atom. The van der Waals surface area contributed by atoms with Crippen LogP contribution in [0.15, 0.2) is 18.3 Å². The lowest BCUT2D eigenvalue weighted by Crippen LogP contribution is -2.41. The first-order valence-electron chi connectivity index (χ1n) is 7.06. The SMILES string of the molecule is CC1(C)OB(C2CC2c2cccnc2C#N)OC1(C)C. The molecule has 2 heterocycles. The van der Waals surface area contributed by atoms with Crippen LogP contribution in [0.5, 0.6) is 0 Å². The smallest absolute Gasteiger partial charge is 0.403 e. The summed E-state index contributed by atoms with van der Waals surface area (Å²) in [5, 5.41) is 9.14. The van der Waals surface area contributed by atoms with E-state index in [1.165, 1.54) is 0 Å². The Morgan fingerprint density at radius 3 is 2.55 bits per heavy atom. The third-order valence-electron chi connectivity index (χ3n) is 4.81. The molecule has 2 fully saturated rings. The minimum Gasteiger partial charge on any atom is -0.403 e. The molecule has 20 heavy (non-hydrogen) atoms. The van der Waals surface area contributed by atoms with Crippen molar-refractivity contribution in [3.63, 3.8) is 0 Å². The van der Waals surface area contributed by atoms with E-state index in [9.17, 15) is 0 Å². The highest BCUT2D eigenvalue weighted by molar-refractivity contribution is 6.49. The van der Waals surface area contributed by atoms with Crippen molar-refractivity contribution in [1.82, 2.24) is 4.98 Å². The summed E-state index contributed by atoms with van der Waals surface area (Å²) in [6.45, 7) is 8.26. The Morgan fingerprint density at radius 1 is 1.30 bits per heavy atom. The average Bonchev–Trinajstić information content (AvgIpc) is 3.13. The van der Waals surface area contributed by atoms with Gasteiger partial charge in [0.05, 0.1) is 11.2 Å². The van der Waals surface area contributed by atoms with E-state index in [1.807, 2.05) is 12.1 Å². The zero-order chi connectivity index (χ0) is 14.5. The molecule has 1 aromatic heterocycles. The molecule has 2 atom stereocenters. The molecule has 0 aromatic carbocycles. The Bertz CT molecular complexity index is 563. The molecule has 0 radical (unpaired) electrons. The van der Waals surface area contributed by atoms with E-state index in [1.54, 1.807) is 6.20 Å². The van der Waals surface area contributed by atoms with Gasteiger partial charge in [-0.1, -0.05) is 6.07 Å². The van der Waals surface area contributed by atoms with Gasteiger partial charge >= 0.3 is 7.12 Å². The number of nitriles is 1. The van der Waals surface area contributed by atoms with E-state index in [-0.39, 0.29) is 18.3 Å². The summed E-state index contributed by atoms with van der Waals surface area (Å²) >= 11 is 0. The van der Waals surface area contributed by atoms with Gasteiger partial charge in [-0.3, -0.25) is 0 Å². The highest BCUT2D eigenvalue weighted by atomic mass is 16.7. The van der Waals surface area contributed by atoms with Crippen LogP contribution in [0.2, 0.25) is 5.82 Å². The molecule has 0 amide bonds. The number of aromatic nitrogens is 1. The van der Waals surface area contributed by atoms with Crippen LogP contribution < -0.4 is 0 Å². The van der Waals surface area contributed by atoms with Crippen molar-refractivity contribution in [2.45, 2.75) is 57.1 Å². The van der Waals surface area contributed by atoms with E-state index in [4.69, 9.17) is 14.6 Å². The number of pyridine rings is 1. The predicted octanol–water partition coefficient (Wildman–Crippen LogP) is 2.90. The molecule has 2 unspecified atom stereocenters. The summed E-state index contributed by atoms with van der Waals surface area (Å²) in [5.41, 5.74) is 0.960. The Hall–Kier alpha value is -1.38. The van der Waals surface area contributed by atoms with Crippen LogP contribution >= 0.6 is 0 Å². The van der Waals surface area contributed by atoms with E-state index < -0.39 is 0 Å². The summed E-state index contributed by atoms with van der Waals surface area (Å²) in [5.74, 6) is 0.653. The quantitative estimate of drug-likeness (QED) is 0.775. The molecular formula is C15H19BN2O2. The van der Waals surface area contributed by atoms with Gasteiger partial charge in [-0.15, -0.1) is 0 Å². The van der Waals surface area contributed by atoms with Crippen molar-refractivity contribution in [2.24, 2.45) is 0 Å². The predicted molar refractivity (Wildman–Crippen MR) is 76.1 cm³/mol. The van der Waals surface area contributed by atoms with Gasteiger partial charge in [-0.05, 0) is 51.7 Å². The molecular weight excluding hydrogens is 251 g/mol. The molecule has 0 bridgehead atoms. The monoisotopic (exact) mass is 270 g/mol. The minimum atomic E-state index is -0.294. The maximum Gasteiger partial charge on any atom is 0.461 e. The van der Waals surface area contributed by atoms with Crippen LogP contribution in [0.25, 0.3) is 0 Å². The molecule has 1 saturated heterocycles. The molecule has 4 nitrogen and oxygen atoms in total. The number of hydrogen-bond donors (Lipinski definition) is 0. The largest absolute Gasteiger partial charge is 0.461 e. The zero-order valence-electron chi connectivity index (χ0n) is 12.4. The molecule has 1 saturated carbocycles. The molecule has 1 aliphatic heterocycles. The van der Waals surface area contributed by atoms with E-state index in [2.05, 4.69) is 38.7 Å². The molecule has 0 spiro atoms. The van der Waals surface area contributed by atoms with Crippen molar-refractivity contribution < 1.29 is 9.31 Å². The van der Waals surface area contributed by atoms with Gasteiger partial charge in [0.2, 0.25) is 0 Å². The van der Waals surface area contributed by atoms with Gasteiger partial charge < -0.3 is 9.31 Å². The molecule has 0 N–H and O–H groups in total. The summed E-state index contributed by atoms with van der Waals surface area (Å²) in [6, 6.07) is 6.04. The van der Waals surface area contributed by atoms with Crippen LogP contribution in [0.1, 0.15) is 51.3 Å². The topological polar surface area (TPSA) is 55.1 Å². The van der Waals surface area contributed by atoms with Crippen molar-refractivity contribution in [2.75, 3.05) is 0 Å². The summed E-state index contributed by atoms with van der Waals surface area (Å²) < 4.78 is 12.2. The highest BCUT2D eigenvalue weighted by Crippen LogP contribution is 2.58. The third kappa shape index (κ3) is 2.04. The fourth-order valence-corrected chi connectivity index (χ4v) is 2.75. The number of hydrogen-bond acceptors (Lipinski definition) is 4. The van der Waals surface area contributed by atoms with Gasteiger partial charge in [-0.2, -0.15) is 5.26 Å². The molecule has 1 aromatic rings. The molecule has 104 valence electrons. The first kappa shape index (κ1) is 13.6. The van der Waals surface area contributed by atoms with Crippen LogP contribution in [0, 0.1) is 11.3 Å². The molecule has 2 aliphatic rings. The second-order valence-electron chi connectivity index (χ2n) is 6.68. The van der Waals surface area contributed by atoms with E-state index >= 15 is 0 Å². The summed E-state index contributed by atoms with van der Waals surface area (Å²) in [4.78, 5) is 4.13. The second kappa shape index (κ2) is 4.31. The van der Waals surface area contributed by atoms with Gasteiger partial charge in [0.15, 0.2) is 0 Å². The maximum absolute atomic E-state index is 9.14. The van der Waals surface area contributed by atoms with Gasteiger partial charge in [0.1, 0.15) is 11.8 Å². The van der Waals surface area contributed by atoms with E-state index in [0.717, 1.165) is 12.0 Å². The van der Waals surface area contributed by atoms with Gasteiger partial charge in [-0.25, -0.2) is 4.98 Å². The van der Waals surface area contributed by atoms with Crippen LogP contribution in [0.4, 0.5) is 0 Å². The van der Waals surface area contributed by atoms with Gasteiger partial charge in [0, 0.05) is 12.0 Å². The van der Waals surface area contributed by atoms with Crippen LogP contribution in [-0.4, -0.2) is 23.3 Å². The van der Waals surface area contributed by atoms with Crippen molar-refractivity contribution in [1.29, 1.82) is 5.26 Å². The fourth-order valence-electron chi connectivity index (χ4n) is 2.75. The summed E-state index contributed by atoms with van der Waals surface area (Å²) in [6.07, 6.45) is 2.66. The first-order valence-corrected chi connectivity index (χ1v) is 7.06. The first-order chi connectivity index (χ1) is 9.36. The maximum atomic E-state index is 9.14. The normalized spacial score (nSPS) is 30.1. The lowest BCUT2D eigenvalue weighted by molar-refractivity contribution is 0.00578. The Balaban J connectivity index is 1.77. The highest BCUT2D eigenvalue weighted by Gasteiger charge is 2.60. The third-order valence-corrected chi connectivity index (χ3v) is 4.81. The van der Waals surface area contributed by atoms with E-state index in [0.29, 0.717) is 17.4 Å². The standard InChI is InChI=1S/C15H19BN2O2/c1-14(2)15(3,4)20-16(19-14)12-8-11(12)10-6-5-7-18-13(10)9-17/h5-7,11-12H,8H2,1-4H3. The lowest BCUT2D eigenvalue weighted by atomic mass is 9.79. The second-order valence-corrected chi connectivity index (χ2v) is 6.68. The summed E-state index contributed by atoms with van der Waals surface area (Å²) in [7, 11) is -0.184. The van der Waals surface area contributed by atoms with Crippen LogP contribution in [0.3, 0.4) is 0 Å². The number of nitrogens with zero attached hydrogens (tertiary/aromatic N) is 2. The lowest BCUT2D eigenvalue weighted by Gasteiger charge is -2.32. The Labute approximate surface area is 120 Å². The zero-order valence-corrected chi connectivity index (χ0v) is 12.4. The minimum absolute atomic E-state index is 0.184. The fraction of sp³-hybridized carbons (Fsp3) is 0.600.